The number of nitrogens with zero attached hydrogens (tertiary/aromatic N) is 1. The van der Waals surface area contributed by atoms with Gasteiger partial charge in [-0.05, 0) is 79.6 Å². The van der Waals surface area contributed by atoms with Crippen LogP contribution in [0.4, 0.5) is 11.4 Å². The number of aromatic nitrogens is 1. The Morgan fingerprint density at radius 1 is 0.853 bits per heavy atom. The van der Waals surface area contributed by atoms with Gasteiger partial charge in [-0.2, -0.15) is 0 Å². The molecule has 0 unspecified atom stereocenters. The minimum Gasteiger partial charge on any atom is -0.321 e. The summed E-state index contributed by atoms with van der Waals surface area (Å²) in [6.45, 7) is 3.79. The van der Waals surface area contributed by atoms with Crippen LogP contribution in [0.3, 0.4) is 0 Å². The topological polar surface area (TPSA) is 92.2 Å². The molecule has 0 radical (unpaired) electrons. The first-order chi connectivity index (χ1) is 16.2. The molecule has 0 spiro atoms. The van der Waals surface area contributed by atoms with Crippen LogP contribution in [0.1, 0.15) is 21.6 Å². The number of aryl methyl sites for hydroxylation is 2. The van der Waals surface area contributed by atoms with Crippen molar-refractivity contribution in [2.75, 3.05) is 16.1 Å². The zero-order valence-corrected chi connectivity index (χ0v) is 20.6. The average Bonchev–Trinajstić information content (AvgIpc) is 3.13. The van der Waals surface area contributed by atoms with Crippen LogP contribution in [-0.4, -0.2) is 22.4 Å². The third kappa shape index (κ3) is 5.13. The summed E-state index contributed by atoms with van der Waals surface area (Å²) in [6, 6.07) is 19.1. The molecule has 0 fully saturated rings. The number of carbonyl (C=O) groups is 3. The van der Waals surface area contributed by atoms with Gasteiger partial charge in [0, 0.05) is 26.3 Å². The zero-order chi connectivity index (χ0) is 24.4. The summed E-state index contributed by atoms with van der Waals surface area (Å²) in [4.78, 5) is 38.4. The Balaban J connectivity index is 1.63. The highest BCUT2D eigenvalue weighted by Crippen LogP contribution is 2.25. The molecule has 34 heavy (non-hydrogen) atoms. The third-order valence-electron chi connectivity index (χ3n) is 5.11. The Morgan fingerprint density at radius 3 is 2.35 bits per heavy atom. The highest BCUT2D eigenvalue weighted by molar-refractivity contribution is 9.10. The second-order valence-corrected chi connectivity index (χ2v) is 9.04. The minimum absolute atomic E-state index is 0.134. The molecule has 0 aliphatic rings. The number of hydrogen-bond donors (Lipinski definition) is 3. The number of rotatable bonds is 4. The van der Waals surface area contributed by atoms with Gasteiger partial charge in [0.25, 0.3) is 5.91 Å². The fraction of sp³-hybridized carbons (Fsp3) is 0.0800. The van der Waals surface area contributed by atoms with E-state index in [0.717, 1.165) is 15.6 Å². The number of halogens is 2. The second kappa shape index (κ2) is 9.70. The third-order valence-corrected chi connectivity index (χ3v) is 6.23. The van der Waals surface area contributed by atoms with E-state index in [9.17, 15) is 14.4 Å². The summed E-state index contributed by atoms with van der Waals surface area (Å²) in [5.41, 5.74) is 6.14. The highest BCUT2D eigenvalue weighted by Gasteiger charge is 2.21. The van der Waals surface area contributed by atoms with E-state index < -0.39 is 17.7 Å². The summed E-state index contributed by atoms with van der Waals surface area (Å²) in [6.07, 6.45) is 0. The van der Waals surface area contributed by atoms with Crippen molar-refractivity contribution >= 4 is 67.5 Å². The van der Waals surface area contributed by atoms with Crippen molar-refractivity contribution < 1.29 is 14.4 Å². The van der Waals surface area contributed by atoms with Crippen LogP contribution in [0, 0.1) is 13.8 Å². The van der Waals surface area contributed by atoms with Gasteiger partial charge in [0.2, 0.25) is 0 Å². The maximum absolute atomic E-state index is 13.1. The monoisotopic (exact) mass is 538 g/mol. The molecule has 3 N–H and O–H groups in total. The lowest BCUT2D eigenvalue weighted by Gasteiger charge is -2.13. The fourth-order valence-corrected chi connectivity index (χ4v) is 3.88. The summed E-state index contributed by atoms with van der Waals surface area (Å²) in [5, 5.41) is 6.49. The van der Waals surface area contributed by atoms with Crippen LogP contribution in [-0.2, 0) is 9.59 Å². The van der Waals surface area contributed by atoms with Gasteiger partial charge < -0.3 is 10.6 Å². The molecular formula is C25H20BrClN4O3. The first-order valence-electron chi connectivity index (χ1n) is 10.3. The van der Waals surface area contributed by atoms with E-state index in [2.05, 4.69) is 32.0 Å². The van der Waals surface area contributed by atoms with Crippen molar-refractivity contribution in [3.63, 3.8) is 0 Å². The Bertz CT molecular complexity index is 1450. The van der Waals surface area contributed by atoms with Crippen LogP contribution in [0.5, 0.6) is 0 Å². The maximum Gasteiger partial charge on any atom is 0.328 e. The van der Waals surface area contributed by atoms with Crippen molar-refractivity contribution in [2.45, 2.75) is 13.8 Å². The molecule has 4 rings (SSSR count). The standard InChI is InChI=1S/C25H20BrClN4O3/c1-14-4-3-5-18(10-14)29-24(33)25(34)30-31-21-9-6-17(27)12-16(21)13-22(31)23(32)28-19-7-8-20(26)15(2)11-19/h3-13H,1-2H3,(H,28,32)(H,29,33)(H,30,34). The van der Waals surface area contributed by atoms with Gasteiger partial charge in [-0.15, -0.1) is 0 Å². The Hall–Kier alpha value is -3.62. The van der Waals surface area contributed by atoms with Crippen molar-refractivity contribution in [1.29, 1.82) is 0 Å². The van der Waals surface area contributed by atoms with Crippen LogP contribution >= 0.6 is 27.5 Å². The number of carbonyl (C=O) groups excluding carboxylic acids is 3. The van der Waals surface area contributed by atoms with Gasteiger partial charge in [0.05, 0.1) is 5.52 Å². The van der Waals surface area contributed by atoms with Gasteiger partial charge in [-0.3, -0.25) is 19.8 Å². The molecule has 0 atom stereocenters. The smallest absolute Gasteiger partial charge is 0.321 e. The van der Waals surface area contributed by atoms with E-state index in [0.29, 0.717) is 27.3 Å². The molecule has 172 valence electrons. The van der Waals surface area contributed by atoms with E-state index in [-0.39, 0.29) is 5.69 Å². The first-order valence-corrected chi connectivity index (χ1v) is 11.5. The highest BCUT2D eigenvalue weighted by atomic mass is 79.9. The van der Waals surface area contributed by atoms with Crippen molar-refractivity contribution in [3.8, 4) is 0 Å². The molecule has 0 aliphatic heterocycles. The van der Waals surface area contributed by atoms with Gasteiger partial charge >= 0.3 is 11.8 Å². The van der Waals surface area contributed by atoms with Gasteiger partial charge in [0.15, 0.2) is 0 Å². The largest absolute Gasteiger partial charge is 0.328 e. The first kappa shape index (κ1) is 23.5. The fourth-order valence-electron chi connectivity index (χ4n) is 3.45. The zero-order valence-electron chi connectivity index (χ0n) is 18.3. The van der Waals surface area contributed by atoms with Crippen molar-refractivity contribution in [1.82, 2.24) is 4.68 Å². The Labute approximate surface area is 209 Å². The normalized spacial score (nSPS) is 10.7. The summed E-state index contributed by atoms with van der Waals surface area (Å²) in [7, 11) is 0. The van der Waals surface area contributed by atoms with Crippen LogP contribution in [0.2, 0.25) is 5.02 Å². The van der Waals surface area contributed by atoms with Gasteiger partial charge in [0.1, 0.15) is 5.69 Å². The van der Waals surface area contributed by atoms with E-state index in [1.807, 2.05) is 32.0 Å². The maximum atomic E-state index is 13.1. The lowest BCUT2D eigenvalue weighted by atomic mass is 10.2. The molecular weight excluding hydrogens is 520 g/mol. The molecule has 0 aliphatic carbocycles. The lowest BCUT2D eigenvalue weighted by Crippen LogP contribution is -2.36. The van der Waals surface area contributed by atoms with Crippen molar-refractivity contribution in [3.05, 3.63) is 93.0 Å². The number of nitrogens with one attached hydrogen (secondary N) is 3. The molecule has 0 saturated carbocycles. The molecule has 0 saturated heterocycles. The summed E-state index contributed by atoms with van der Waals surface area (Å²) < 4.78 is 2.20. The van der Waals surface area contributed by atoms with Crippen LogP contribution in [0.25, 0.3) is 10.9 Å². The Morgan fingerprint density at radius 2 is 1.62 bits per heavy atom. The number of hydrogen-bond acceptors (Lipinski definition) is 3. The van der Waals surface area contributed by atoms with Crippen molar-refractivity contribution in [2.24, 2.45) is 0 Å². The number of fused-ring (bicyclic) bond motifs is 1. The number of anilines is 2. The van der Waals surface area contributed by atoms with E-state index in [4.69, 9.17) is 11.6 Å². The second-order valence-electron chi connectivity index (χ2n) is 7.75. The van der Waals surface area contributed by atoms with Crippen LogP contribution < -0.4 is 16.1 Å². The molecule has 0 bridgehead atoms. The predicted molar refractivity (Wildman–Crippen MR) is 138 cm³/mol. The average molecular weight is 540 g/mol. The molecule has 9 heteroatoms. The Kier molecular flexibility index (Phi) is 6.72. The lowest BCUT2D eigenvalue weighted by molar-refractivity contribution is -0.133. The van der Waals surface area contributed by atoms with Gasteiger partial charge in [-0.25, -0.2) is 4.68 Å². The van der Waals surface area contributed by atoms with E-state index in [1.54, 1.807) is 48.5 Å². The molecule has 1 aromatic heterocycles. The predicted octanol–water partition coefficient (Wildman–Crippen LogP) is 5.64. The SMILES string of the molecule is Cc1cccc(NC(=O)C(=O)Nn2c(C(=O)Nc3ccc(Br)c(C)c3)cc3cc(Cl)ccc32)c1. The molecule has 1 heterocycles. The van der Waals surface area contributed by atoms with E-state index >= 15 is 0 Å². The molecule has 3 amide bonds. The molecule has 7 nitrogen and oxygen atoms in total. The van der Waals surface area contributed by atoms with Gasteiger partial charge in [-0.1, -0.05) is 39.7 Å². The number of amides is 3. The summed E-state index contributed by atoms with van der Waals surface area (Å²) >= 11 is 9.55. The molecule has 3 aromatic carbocycles. The quantitative estimate of drug-likeness (QED) is 0.293. The summed E-state index contributed by atoms with van der Waals surface area (Å²) in [5.74, 6) is -2.26. The number of benzene rings is 3. The molecule has 4 aromatic rings. The minimum atomic E-state index is -0.928. The van der Waals surface area contributed by atoms with Crippen LogP contribution in [0.15, 0.2) is 71.2 Å². The van der Waals surface area contributed by atoms with E-state index in [1.165, 1.54) is 4.68 Å².